The normalized spacial score (nSPS) is 18.0. The monoisotopic (exact) mass is 271 g/mol. The lowest BCUT2D eigenvalue weighted by atomic mass is 9.91. The van der Waals surface area contributed by atoms with Gasteiger partial charge in [-0.15, -0.1) is 0 Å². The van der Waals surface area contributed by atoms with Crippen LogP contribution in [0.3, 0.4) is 0 Å². The number of hydrogen-bond donors (Lipinski definition) is 2. The number of imidazole rings is 1. The van der Waals surface area contributed by atoms with Gasteiger partial charge >= 0.3 is 0 Å². The predicted octanol–water partition coefficient (Wildman–Crippen LogP) is 1.45. The van der Waals surface area contributed by atoms with Gasteiger partial charge in [0.25, 0.3) is 0 Å². The van der Waals surface area contributed by atoms with Crippen molar-refractivity contribution in [3.8, 4) is 0 Å². The molecule has 1 aromatic heterocycles. The third kappa shape index (κ3) is 4.42. The third-order valence-electron chi connectivity index (χ3n) is 3.45. The van der Waals surface area contributed by atoms with Gasteiger partial charge in [-0.2, -0.15) is 0 Å². The summed E-state index contributed by atoms with van der Waals surface area (Å²) in [6, 6.07) is 0. The lowest BCUT2D eigenvalue weighted by molar-refractivity contribution is 0.384. The number of aromatic nitrogens is 2. The van der Waals surface area contributed by atoms with E-state index in [4.69, 9.17) is 0 Å². The van der Waals surface area contributed by atoms with Gasteiger partial charge in [0, 0.05) is 24.9 Å². The Morgan fingerprint density at radius 3 is 2.78 bits per heavy atom. The first kappa shape index (κ1) is 13.5. The van der Waals surface area contributed by atoms with Crippen molar-refractivity contribution < 1.29 is 8.42 Å². The summed E-state index contributed by atoms with van der Waals surface area (Å²) in [4.78, 5) is 6.86. The average molecular weight is 271 g/mol. The van der Waals surface area contributed by atoms with Gasteiger partial charge in [0.1, 0.15) is 0 Å². The van der Waals surface area contributed by atoms with Crippen LogP contribution in [0, 0.1) is 5.92 Å². The van der Waals surface area contributed by atoms with Crippen molar-refractivity contribution in [2.75, 3.05) is 12.3 Å². The van der Waals surface area contributed by atoms with E-state index >= 15 is 0 Å². The number of nitrogens with one attached hydrogen (secondary N) is 2. The van der Waals surface area contributed by atoms with E-state index in [1.54, 1.807) is 12.5 Å². The number of aromatic amines is 1. The second kappa shape index (κ2) is 6.33. The summed E-state index contributed by atoms with van der Waals surface area (Å²) in [7, 11) is -3.12. The minimum atomic E-state index is -3.12. The largest absolute Gasteiger partial charge is 0.348 e. The van der Waals surface area contributed by atoms with E-state index in [1.807, 2.05) is 0 Å². The zero-order valence-corrected chi connectivity index (χ0v) is 11.4. The molecule has 5 nitrogen and oxygen atoms in total. The number of nitrogens with zero attached hydrogens (tertiary/aromatic N) is 1. The highest BCUT2D eigenvalue weighted by Crippen LogP contribution is 2.24. The molecule has 2 N–H and O–H groups in total. The summed E-state index contributed by atoms with van der Waals surface area (Å²) in [6.07, 6.45) is 9.70. The molecular weight excluding hydrogens is 250 g/mol. The van der Waals surface area contributed by atoms with E-state index in [2.05, 4.69) is 14.7 Å². The number of rotatable bonds is 6. The Hall–Kier alpha value is -0.880. The molecule has 0 aromatic carbocycles. The lowest BCUT2D eigenvalue weighted by Crippen LogP contribution is -2.32. The Labute approximate surface area is 108 Å². The summed E-state index contributed by atoms with van der Waals surface area (Å²) >= 11 is 0. The third-order valence-corrected chi connectivity index (χ3v) is 5.01. The van der Waals surface area contributed by atoms with Crippen molar-refractivity contribution in [1.82, 2.24) is 14.7 Å². The first-order valence-electron chi connectivity index (χ1n) is 6.60. The highest BCUT2D eigenvalue weighted by Gasteiger charge is 2.20. The molecule has 0 saturated heterocycles. The van der Waals surface area contributed by atoms with E-state index in [-0.39, 0.29) is 5.75 Å². The van der Waals surface area contributed by atoms with Gasteiger partial charge in [-0.3, -0.25) is 0 Å². The molecule has 1 aliphatic rings. The van der Waals surface area contributed by atoms with E-state index < -0.39 is 10.0 Å². The van der Waals surface area contributed by atoms with Crippen LogP contribution in [0.15, 0.2) is 12.5 Å². The summed E-state index contributed by atoms with van der Waals surface area (Å²) < 4.78 is 26.4. The molecule has 2 rings (SSSR count). The van der Waals surface area contributed by atoms with Crippen LogP contribution >= 0.6 is 0 Å². The molecule has 1 aromatic rings. The molecule has 0 atom stereocenters. The molecule has 1 fully saturated rings. The minimum absolute atomic E-state index is 0.288. The summed E-state index contributed by atoms with van der Waals surface area (Å²) in [6.45, 7) is 0.442. The second-order valence-corrected chi connectivity index (χ2v) is 6.86. The summed E-state index contributed by atoms with van der Waals surface area (Å²) in [5.41, 5.74) is 0.954. The fraction of sp³-hybridized carbons (Fsp3) is 0.750. The maximum absolute atomic E-state index is 11.9. The fourth-order valence-corrected chi connectivity index (χ4v) is 3.97. The standard InChI is InChI=1S/C12H21N3O2S/c16-18(17,9-11-4-2-1-3-5-11)15-7-6-12-8-13-10-14-12/h8,10-11,15H,1-7,9H2,(H,13,14). The summed E-state index contributed by atoms with van der Waals surface area (Å²) in [5, 5.41) is 0. The van der Waals surface area contributed by atoms with Gasteiger partial charge in [-0.25, -0.2) is 18.1 Å². The molecule has 0 radical (unpaired) electrons. The van der Waals surface area contributed by atoms with E-state index in [0.29, 0.717) is 18.9 Å². The van der Waals surface area contributed by atoms with Crippen LogP contribution in [0.25, 0.3) is 0 Å². The maximum Gasteiger partial charge on any atom is 0.211 e. The number of H-pyrrole nitrogens is 1. The number of hydrogen-bond acceptors (Lipinski definition) is 3. The predicted molar refractivity (Wildman–Crippen MR) is 70.7 cm³/mol. The van der Waals surface area contributed by atoms with Crippen molar-refractivity contribution in [1.29, 1.82) is 0 Å². The fourth-order valence-electron chi connectivity index (χ4n) is 2.49. The lowest BCUT2D eigenvalue weighted by Gasteiger charge is -2.21. The molecule has 6 heteroatoms. The van der Waals surface area contributed by atoms with Gasteiger partial charge < -0.3 is 4.98 Å². The SMILES string of the molecule is O=S(=O)(CC1CCCCC1)NCCc1cnc[nH]1. The maximum atomic E-state index is 11.9. The van der Waals surface area contributed by atoms with Crippen LogP contribution < -0.4 is 4.72 Å². The molecule has 1 saturated carbocycles. The van der Waals surface area contributed by atoms with Gasteiger partial charge in [0.05, 0.1) is 12.1 Å². The molecule has 0 aliphatic heterocycles. The highest BCUT2D eigenvalue weighted by atomic mass is 32.2. The van der Waals surface area contributed by atoms with E-state index in [0.717, 1.165) is 18.5 Å². The molecule has 0 unspecified atom stereocenters. The van der Waals surface area contributed by atoms with Crippen molar-refractivity contribution in [2.45, 2.75) is 38.5 Å². The van der Waals surface area contributed by atoms with E-state index in [9.17, 15) is 8.42 Å². The van der Waals surface area contributed by atoms with Gasteiger partial charge in [-0.1, -0.05) is 19.3 Å². The van der Waals surface area contributed by atoms with Crippen molar-refractivity contribution >= 4 is 10.0 Å². The first-order chi connectivity index (χ1) is 8.66. The average Bonchev–Trinajstić information content (AvgIpc) is 2.82. The molecule has 0 spiro atoms. The zero-order valence-electron chi connectivity index (χ0n) is 10.6. The molecule has 0 amide bonds. The van der Waals surface area contributed by atoms with Crippen LogP contribution in [-0.2, 0) is 16.4 Å². The van der Waals surface area contributed by atoms with Crippen LogP contribution in [0.2, 0.25) is 0 Å². The Balaban J connectivity index is 1.73. The topological polar surface area (TPSA) is 74.8 Å². The minimum Gasteiger partial charge on any atom is -0.348 e. The number of sulfonamides is 1. The van der Waals surface area contributed by atoms with Crippen LogP contribution in [0.1, 0.15) is 37.8 Å². The Bertz CT molecular complexity index is 436. The quantitative estimate of drug-likeness (QED) is 0.822. The highest BCUT2D eigenvalue weighted by molar-refractivity contribution is 7.89. The van der Waals surface area contributed by atoms with E-state index in [1.165, 1.54) is 19.3 Å². The van der Waals surface area contributed by atoms with Crippen molar-refractivity contribution in [3.05, 3.63) is 18.2 Å². The molecule has 0 bridgehead atoms. The smallest absolute Gasteiger partial charge is 0.211 e. The molecule has 18 heavy (non-hydrogen) atoms. The Morgan fingerprint density at radius 1 is 1.33 bits per heavy atom. The van der Waals surface area contributed by atoms with Crippen LogP contribution in [0.4, 0.5) is 0 Å². The van der Waals surface area contributed by atoms with Crippen molar-refractivity contribution in [3.63, 3.8) is 0 Å². The Morgan fingerprint density at radius 2 is 2.11 bits per heavy atom. The van der Waals surface area contributed by atoms with Gasteiger partial charge in [0.15, 0.2) is 0 Å². The van der Waals surface area contributed by atoms with Crippen molar-refractivity contribution in [2.24, 2.45) is 5.92 Å². The van der Waals surface area contributed by atoms with Crippen LogP contribution in [0.5, 0.6) is 0 Å². The van der Waals surface area contributed by atoms with Gasteiger partial charge in [0.2, 0.25) is 10.0 Å². The molecule has 1 heterocycles. The molecule has 102 valence electrons. The summed E-state index contributed by atoms with van der Waals surface area (Å²) in [5.74, 6) is 0.638. The van der Waals surface area contributed by atoms with Gasteiger partial charge in [-0.05, 0) is 18.8 Å². The molecular formula is C12H21N3O2S. The molecule has 1 aliphatic carbocycles. The Kier molecular flexibility index (Phi) is 4.77. The second-order valence-electron chi connectivity index (χ2n) is 5.01. The first-order valence-corrected chi connectivity index (χ1v) is 8.25. The zero-order chi connectivity index (χ0) is 12.8. The van der Waals surface area contributed by atoms with Crippen LogP contribution in [-0.4, -0.2) is 30.7 Å².